The molecule has 0 aromatic rings. The molecule has 1 heterocycles. The van der Waals surface area contributed by atoms with Crippen LogP contribution in [0.25, 0.3) is 0 Å². The molecular weight excluding hydrogens is 1130 g/mol. The van der Waals surface area contributed by atoms with Crippen molar-refractivity contribution in [3.63, 3.8) is 0 Å². The van der Waals surface area contributed by atoms with E-state index in [0.29, 0.717) is 39.6 Å². The number of hydrogen-bond donors (Lipinski definition) is 2. The van der Waals surface area contributed by atoms with E-state index >= 15 is 0 Å². The number of allylic oxidation sites excluding steroid dienone is 4. The van der Waals surface area contributed by atoms with Crippen molar-refractivity contribution in [3.05, 3.63) is 46.6 Å². The van der Waals surface area contributed by atoms with E-state index in [4.69, 9.17) is 18.9 Å². The Morgan fingerprint density at radius 1 is 0.250 bits per heavy atom. The van der Waals surface area contributed by atoms with Crippen LogP contribution in [0.1, 0.15) is 368 Å². The van der Waals surface area contributed by atoms with Gasteiger partial charge in [0.1, 0.15) is 12.2 Å². The predicted molar refractivity (Wildman–Crippen MR) is 405 cm³/mol. The third-order valence-corrected chi connectivity index (χ3v) is 22.2. The Bertz CT molecular complexity index is 1640. The fourth-order valence-corrected chi connectivity index (χ4v) is 14.5. The van der Waals surface area contributed by atoms with Gasteiger partial charge in [0.2, 0.25) is 0 Å². The van der Waals surface area contributed by atoms with Gasteiger partial charge in [0.15, 0.2) is 0 Å². The lowest BCUT2D eigenvalue weighted by Crippen LogP contribution is -2.24. The van der Waals surface area contributed by atoms with Crippen molar-refractivity contribution in [2.24, 2.45) is 71.0 Å². The van der Waals surface area contributed by atoms with Gasteiger partial charge in [-0.2, -0.15) is 0 Å². The fourth-order valence-electron chi connectivity index (χ4n) is 14.5. The molecule has 0 aromatic heterocycles. The topological polar surface area (TPSA) is 77.4 Å². The smallest absolute Gasteiger partial charge is 0.104 e. The number of hydrogen-bond acceptors (Lipinski definition) is 6. The first-order valence-corrected chi connectivity index (χ1v) is 40.4. The summed E-state index contributed by atoms with van der Waals surface area (Å²) in [5.41, 5.74) is 5.61. The molecule has 2 N–H and O–H groups in total. The molecule has 0 aromatic carbocycles. The molecule has 0 amide bonds. The van der Waals surface area contributed by atoms with Gasteiger partial charge >= 0.3 is 0 Å². The molecule has 6 nitrogen and oxygen atoms in total. The zero-order valence-electron chi connectivity index (χ0n) is 64.9. The van der Waals surface area contributed by atoms with Gasteiger partial charge < -0.3 is 29.2 Å². The minimum Gasteiger partial charge on any atom is -0.394 e. The van der Waals surface area contributed by atoms with Crippen LogP contribution in [0.2, 0.25) is 0 Å². The summed E-state index contributed by atoms with van der Waals surface area (Å²) in [5.74, 6) is 9.98. The summed E-state index contributed by atoms with van der Waals surface area (Å²) in [4.78, 5) is 0. The highest BCUT2D eigenvalue weighted by atomic mass is 16.5. The van der Waals surface area contributed by atoms with Crippen molar-refractivity contribution < 1.29 is 29.2 Å². The van der Waals surface area contributed by atoms with Crippen molar-refractivity contribution in [3.8, 4) is 0 Å². The summed E-state index contributed by atoms with van der Waals surface area (Å²) in [6.07, 6.45) is 61.9. The zero-order chi connectivity index (χ0) is 68.0. The van der Waals surface area contributed by atoms with Crippen molar-refractivity contribution in [1.29, 1.82) is 0 Å². The van der Waals surface area contributed by atoms with Crippen LogP contribution in [0.3, 0.4) is 0 Å². The molecule has 0 unspecified atom stereocenters. The van der Waals surface area contributed by atoms with E-state index in [1.54, 1.807) is 0 Å². The minimum absolute atomic E-state index is 0.00984. The average Bonchev–Trinajstić information content (AvgIpc) is 3.53. The zero-order valence-corrected chi connectivity index (χ0v) is 64.9. The number of rotatable bonds is 2. The van der Waals surface area contributed by atoms with E-state index < -0.39 is 0 Å². The van der Waals surface area contributed by atoms with E-state index in [1.807, 2.05) is 0 Å². The van der Waals surface area contributed by atoms with Gasteiger partial charge in [-0.3, -0.25) is 0 Å². The van der Waals surface area contributed by atoms with Gasteiger partial charge in [0.25, 0.3) is 0 Å². The Labute approximate surface area is 576 Å². The Kier molecular flexibility index (Phi) is 57.6. The van der Waals surface area contributed by atoms with Crippen LogP contribution < -0.4 is 0 Å². The molecule has 544 valence electrons. The Morgan fingerprint density at radius 2 is 0.413 bits per heavy atom. The summed E-state index contributed by atoms with van der Waals surface area (Å²) in [6.45, 7) is 41.9. The molecule has 0 saturated carbocycles. The predicted octanol–water partition coefficient (Wildman–Crippen LogP) is 25.8. The molecule has 0 aliphatic carbocycles. The second kappa shape index (κ2) is 59.7. The highest BCUT2D eigenvalue weighted by Gasteiger charge is 2.16. The van der Waals surface area contributed by atoms with Crippen LogP contribution >= 0.6 is 0 Å². The first kappa shape index (κ1) is 88.7. The number of aliphatic hydroxyl groups is 2. The Hall–Kier alpha value is -1.28. The van der Waals surface area contributed by atoms with Gasteiger partial charge in [0.05, 0.1) is 52.9 Å². The summed E-state index contributed by atoms with van der Waals surface area (Å²) in [7, 11) is 0. The lowest BCUT2D eigenvalue weighted by Gasteiger charge is -2.18. The van der Waals surface area contributed by atoms with Crippen LogP contribution in [-0.4, -0.2) is 75.3 Å². The molecule has 0 bridgehead atoms. The van der Waals surface area contributed by atoms with Crippen LogP contribution in [0.4, 0.5) is 0 Å². The quantitative estimate of drug-likeness (QED) is 0.268. The normalized spacial score (nSPS) is 32.6. The van der Waals surface area contributed by atoms with Gasteiger partial charge in [-0.05, 0) is 150 Å². The Morgan fingerprint density at radius 3 is 0.598 bits per heavy atom. The fraction of sp³-hybridized carbons (Fsp3) is 0.907. The molecular formula is C86H164O6. The Balaban J connectivity index is 2.58. The molecule has 0 saturated heterocycles. The summed E-state index contributed by atoms with van der Waals surface area (Å²) in [6, 6.07) is 0. The molecule has 1 aliphatic heterocycles. The minimum atomic E-state index is -0.279. The monoisotopic (exact) mass is 1290 g/mol. The molecule has 1 rings (SSSR count). The van der Waals surface area contributed by atoms with E-state index in [-0.39, 0.29) is 25.4 Å². The second-order valence-corrected chi connectivity index (χ2v) is 33.0. The van der Waals surface area contributed by atoms with Gasteiger partial charge in [-0.15, -0.1) is 0 Å². The molecule has 92 heavy (non-hydrogen) atoms. The maximum atomic E-state index is 9.99. The van der Waals surface area contributed by atoms with Crippen molar-refractivity contribution in [1.82, 2.24) is 0 Å². The number of aliphatic hydroxyl groups excluding tert-OH is 2. The lowest BCUT2D eigenvalue weighted by atomic mass is 9.88. The second-order valence-electron chi connectivity index (χ2n) is 33.0. The van der Waals surface area contributed by atoms with Gasteiger partial charge in [-0.1, -0.05) is 335 Å². The van der Waals surface area contributed by atoms with Crippen molar-refractivity contribution in [2.75, 3.05) is 52.9 Å². The average molecular weight is 1290 g/mol. The highest BCUT2D eigenvalue weighted by Crippen LogP contribution is 2.30. The van der Waals surface area contributed by atoms with Crippen molar-refractivity contribution >= 4 is 0 Å². The largest absolute Gasteiger partial charge is 0.394 e. The molecule has 6 heteroatoms. The first-order valence-electron chi connectivity index (χ1n) is 40.4. The van der Waals surface area contributed by atoms with Crippen LogP contribution in [0.5, 0.6) is 0 Å². The highest BCUT2D eigenvalue weighted by molar-refractivity contribution is 5.00. The maximum absolute atomic E-state index is 9.99. The lowest BCUT2D eigenvalue weighted by molar-refractivity contribution is -0.0272. The maximum Gasteiger partial charge on any atom is 0.104 e. The van der Waals surface area contributed by atoms with E-state index in [9.17, 15) is 10.2 Å². The molecule has 0 radical (unpaired) electrons. The third-order valence-electron chi connectivity index (χ3n) is 22.2. The van der Waals surface area contributed by atoms with Crippen molar-refractivity contribution in [2.45, 2.75) is 380 Å². The van der Waals surface area contributed by atoms with E-state index in [1.165, 1.54) is 253 Å². The first-order chi connectivity index (χ1) is 44.2. The van der Waals surface area contributed by atoms with E-state index in [0.717, 1.165) is 96.7 Å². The van der Waals surface area contributed by atoms with Crippen LogP contribution in [0.15, 0.2) is 46.6 Å². The molecule has 1 aliphatic rings. The van der Waals surface area contributed by atoms with Gasteiger partial charge in [0, 0.05) is 0 Å². The van der Waals surface area contributed by atoms with Gasteiger partial charge in [-0.25, -0.2) is 0 Å². The summed E-state index contributed by atoms with van der Waals surface area (Å²) >= 11 is 0. The summed E-state index contributed by atoms with van der Waals surface area (Å²) in [5, 5.41) is 20.0. The van der Waals surface area contributed by atoms with Crippen LogP contribution in [0, 0.1) is 71.0 Å². The SMILES string of the molecule is CC1=CCO[C@H](CO)COCC=C(C)CCC[C@@H](C)CCC[C@@H](C)CCC[C@@H](C)CC[C@@H](C)CCC[C@H](C)CCC[C@@H](C)CCCC(C)=CCO[C@H](CO)COCC=C(C)CCC[C@@H](C)CCC[C@H](C)CCC[C@@H](C)CC[C@H](C)CCC[C@H](C)CCC[C@H](C)CCC1. The molecule has 0 spiro atoms. The molecule has 14 atom stereocenters. The third kappa shape index (κ3) is 55.7. The standard InChI is InChI=1S/C86H164O6/c1-69-29-17-33-73(5)41-25-49-81(13)57-61-89-67-85(65-87)91-63-59-83(15)52-28-44-76(8)36-20-32-72(4)40-24-48-80(12)56-54-78(10)46-22-38-70(2)30-18-34-74(6)42-26-50-82(14)58-62-90-68-86(66-88)92-64-60-84(16)51-27-43-75(7)35-19-31-71(3)39-23-47-79(11)55-53-77(9)45-21-37-69/h57-60,69-80,85-88H,17-56,61-68H2,1-16H3/t69-,70+,71-,72-,73+,74+,75-,76+,77-,78-,79+,80-,85-,86-/m1/s1. The van der Waals surface area contributed by atoms with E-state index in [2.05, 4.69) is 135 Å². The summed E-state index contributed by atoms with van der Waals surface area (Å²) < 4.78 is 24.0. The van der Waals surface area contributed by atoms with Crippen LogP contribution in [-0.2, 0) is 18.9 Å². The molecule has 0 fully saturated rings. The number of ether oxygens (including phenoxy) is 4.